The number of hydrogen-bond donors (Lipinski definition) is 1. The van der Waals surface area contributed by atoms with Gasteiger partial charge in [-0.2, -0.15) is 0 Å². The Morgan fingerprint density at radius 2 is 1.58 bits per heavy atom. The maximum atomic E-state index is 13.4. The maximum absolute atomic E-state index is 13.4. The number of amides is 2. The SMILES string of the molecule is CCc1ccc(OCC(=O)N(Cc2ccccc2C)[C@H](Cc2ccccc2)C(=O)NC)cc1. The molecule has 1 N–H and O–H groups in total. The number of carbonyl (C=O) groups is 2. The van der Waals surface area contributed by atoms with Gasteiger partial charge in [-0.25, -0.2) is 0 Å². The lowest BCUT2D eigenvalue weighted by Crippen LogP contribution is -2.51. The molecule has 0 saturated carbocycles. The molecule has 0 aliphatic heterocycles. The van der Waals surface area contributed by atoms with Gasteiger partial charge in [0.15, 0.2) is 6.61 Å². The van der Waals surface area contributed by atoms with Gasteiger partial charge in [-0.1, -0.05) is 73.7 Å². The van der Waals surface area contributed by atoms with E-state index in [2.05, 4.69) is 12.2 Å². The van der Waals surface area contributed by atoms with Crippen LogP contribution in [0.1, 0.15) is 29.2 Å². The average molecular weight is 445 g/mol. The molecule has 1 atom stereocenters. The lowest BCUT2D eigenvalue weighted by Gasteiger charge is -2.31. The van der Waals surface area contributed by atoms with Crippen molar-refractivity contribution >= 4 is 11.8 Å². The minimum absolute atomic E-state index is 0.139. The van der Waals surface area contributed by atoms with E-state index in [0.717, 1.165) is 23.1 Å². The molecule has 5 heteroatoms. The Morgan fingerprint density at radius 3 is 2.21 bits per heavy atom. The van der Waals surface area contributed by atoms with Gasteiger partial charge in [0.1, 0.15) is 11.8 Å². The number of ether oxygens (including phenoxy) is 1. The number of aryl methyl sites for hydroxylation is 2. The van der Waals surface area contributed by atoms with Gasteiger partial charge in [-0.15, -0.1) is 0 Å². The molecule has 3 rings (SSSR count). The maximum Gasteiger partial charge on any atom is 0.261 e. The fourth-order valence-electron chi connectivity index (χ4n) is 3.74. The molecule has 0 aliphatic carbocycles. The molecule has 5 nitrogen and oxygen atoms in total. The smallest absolute Gasteiger partial charge is 0.261 e. The second-order valence-corrected chi connectivity index (χ2v) is 8.05. The molecular weight excluding hydrogens is 412 g/mol. The molecule has 0 heterocycles. The number of likely N-dealkylation sites (N-methyl/N-ethyl adjacent to an activating group) is 1. The van der Waals surface area contributed by atoms with Crippen LogP contribution in [0.5, 0.6) is 5.75 Å². The quantitative estimate of drug-likeness (QED) is 0.507. The summed E-state index contributed by atoms with van der Waals surface area (Å²) in [5.74, 6) is 0.200. The minimum Gasteiger partial charge on any atom is -0.484 e. The van der Waals surface area contributed by atoms with Crippen molar-refractivity contribution in [2.75, 3.05) is 13.7 Å². The third-order valence-electron chi connectivity index (χ3n) is 5.81. The van der Waals surface area contributed by atoms with E-state index in [-0.39, 0.29) is 18.4 Å². The Morgan fingerprint density at radius 1 is 0.909 bits per heavy atom. The first kappa shape index (κ1) is 24.1. The van der Waals surface area contributed by atoms with Crippen LogP contribution in [0.3, 0.4) is 0 Å². The highest BCUT2D eigenvalue weighted by Crippen LogP contribution is 2.18. The molecule has 172 valence electrons. The Hall–Kier alpha value is -3.60. The number of nitrogens with one attached hydrogen (secondary N) is 1. The molecule has 33 heavy (non-hydrogen) atoms. The first-order valence-corrected chi connectivity index (χ1v) is 11.3. The molecule has 0 aromatic heterocycles. The van der Waals surface area contributed by atoms with Crippen molar-refractivity contribution in [3.8, 4) is 5.75 Å². The second kappa shape index (κ2) is 11.9. The topological polar surface area (TPSA) is 58.6 Å². The summed E-state index contributed by atoms with van der Waals surface area (Å²) in [6.45, 7) is 4.29. The predicted molar refractivity (Wildman–Crippen MR) is 131 cm³/mol. The summed E-state index contributed by atoms with van der Waals surface area (Å²) >= 11 is 0. The van der Waals surface area contributed by atoms with E-state index >= 15 is 0 Å². The Bertz CT molecular complexity index is 1050. The molecule has 0 fully saturated rings. The van der Waals surface area contributed by atoms with Gasteiger partial charge in [-0.3, -0.25) is 9.59 Å². The molecule has 0 unspecified atom stereocenters. The summed E-state index contributed by atoms with van der Waals surface area (Å²) < 4.78 is 5.81. The first-order chi connectivity index (χ1) is 16.0. The summed E-state index contributed by atoms with van der Waals surface area (Å²) in [6, 6.07) is 24.7. The molecule has 0 aliphatic rings. The highest BCUT2D eigenvalue weighted by molar-refractivity contribution is 5.88. The van der Waals surface area contributed by atoms with Crippen LogP contribution in [0.15, 0.2) is 78.9 Å². The van der Waals surface area contributed by atoms with Crippen LogP contribution in [0.25, 0.3) is 0 Å². The van der Waals surface area contributed by atoms with Crippen LogP contribution < -0.4 is 10.1 Å². The van der Waals surface area contributed by atoms with Gasteiger partial charge >= 0.3 is 0 Å². The van der Waals surface area contributed by atoms with E-state index in [1.165, 1.54) is 5.56 Å². The van der Waals surface area contributed by atoms with Crippen molar-refractivity contribution in [3.63, 3.8) is 0 Å². The van der Waals surface area contributed by atoms with Crippen LogP contribution >= 0.6 is 0 Å². The number of carbonyl (C=O) groups excluding carboxylic acids is 2. The monoisotopic (exact) mass is 444 g/mol. The lowest BCUT2D eigenvalue weighted by molar-refractivity contribution is -0.142. The zero-order chi connectivity index (χ0) is 23.6. The van der Waals surface area contributed by atoms with E-state index in [9.17, 15) is 9.59 Å². The van der Waals surface area contributed by atoms with Crippen molar-refractivity contribution in [3.05, 3.63) is 101 Å². The van der Waals surface area contributed by atoms with Gasteiger partial charge in [0.2, 0.25) is 5.91 Å². The molecule has 2 amide bonds. The fraction of sp³-hybridized carbons (Fsp3) is 0.286. The largest absolute Gasteiger partial charge is 0.484 e. The van der Waals surface area contributed by atoms with E-state index in [1.807, 2.05) is 85.8 Å². The molecular formula is C28H32N2O3. The number of benzene rings is 3. The average Bonchev–Trinajstić information content (AvgIpc) is 2.86. The molecule has 0 spiro atoms. The summed E-state index contributed by atoms with van der Waals surface area (Å²) in [5, 5.41) is 2.73. The van der Waals surface area contributed by atoms with Gasteiger partial charge in [0.05, 0.1) is 0 Å². The van der Waals surface area contributed by atoms with Gasteiger partial charge in [0, 0.05) is 20.0 Å². The predicted octanol–water partition coefficient (Wildman–Crippen LogP) is 4.32. The molecule has 0 saturated heterocycles. The van der Waals surface area contributed by atoms with Crippen molar-refractivity contribution in [1.82, 2.24) is 10.2 Å². The number of hydrogen-bond acceptors (Lipinski definition) is 3. The second-order valence-electron chi connectivity index (χ2n) is 8.05. The Kier molecular flexibility index (Phi) is 8.64. The van der Waals surface area contributed by atoms with Crippen LogP contribution in [-0.4, -0.2) is 36.4 Å². The zero-order valence-electron chi connectivity index (χ0n) is 19.6. The zero-order valence-corrected chi connectivity index (χ0v) is 19.6. The minimum atomic E-state index is -0.657. The van der Waals surface area contributed by atoms with E-state index in [4.69, 9.17) is 4.74 Å². The van der Waals surface area contributed by atoms with Gasteiger partial charge < -0.3 is 15.0 Å². The molecule has 0 radical (unpaired) electrons. The fourth-order valence-corrected chi connectivity index (χ4v) is 3.74. The van der Waals surface area contributed by atoms with Crippen molar-refractivity contribution in [1.29, 1.82) is 0 Å². The highest BCUT2D eigenvalue weighted by Gasteiger charge is 2.30. The van der Waals surface area contributed by atoms with E-state index in [0.29, 0.717) is 18.7 Å². The normalized spacial score (nSPS) is 11.5. The number of nitrogens with zero attached hydrogens (tertiary/aromatic N) is 1. The Balaban J connectivity index is 1.86. The third kappa shape index (κ3) is 6.69. The lowest BCUT2D eigenvalue weighted by atomic mass is 10.0. The Labute approximate surface area is 196 Å². The summed E-state index contributed by atoms with van der Waals surface area (Å²) in [4.78, 5) is 28.0. The summed E-state index contributed by atoms with van der Waals surface area (Å²) in [7, 11) is 1.60. The third-order valence-corrected chi connectivity index (χ3v) is 5.81. The summed E-state index contributed by atoms with van der Waals surface area (Å²) in [6.07, 6.45) is 1.36. The molecule has 3 aromatic carbocycles. The first-order valence-electron chi connectivity index (χ1n) is 11.3. The number of rotatable bonds is 10. The molecule has 0 bridgehead atoms. The van der Waals surface area contributed by atoms with E-state index in [1.54, 1.807) is 11.9 Å². The standard InChI is InChI=1S/C28H32N2O3/c1-4-22-14-16-25(17-15-22)33-20-27(31)30(19-24-13-9-8-10-21(24)2)26(28(32)29-3)18-23-11-6-5-7-12-23/h5-17,26H,4,18-20H2,1-3H3,(H,29,32)/t26-/m1/s1. The van der Waals surface area contributed by atoms with Crippen LogP contribution in [0.4, 0.5) is 0 Å². The van der Waals surface area contributed by atoms with Crippen LogP contribution in [0, 0.1) is 6.92 Å². The summed E-state index contributed by atoms with van der Waals surface area (Å²) in [5.41, 5.74) is 4.27. The highest BCUT2D eigenvalue weighted by atomic mass is 16.5. The van der Waals surface area contributed by atoms with Crippen LogP contribution in [-0.2, 0) is 29.0 Å². The van der Waals surface area contributed by atoms with Crippen molar-refractivity contribution < 1.29 is 14.3 Å². The van der Waals surface area contributed by atoms with Crippen LogP contribution in [0.2, 0.25) is 0 Å². The molecule has 3 aromatic rings. The van der Waals surface area contributed by atoms with Gasteiger partial charge in [0.25, 0.3) is 5.91 Å². The van der Waals surface area contributed by atoms with E-state index < -0.39 is 6.04 Å². The van der Waals surface area contributed by atoms with Crippen molar-refractivity contribution in [2.45, 2.75) is 39.3 Å². The van der Waals surface area contributed by atoms with Crippen molar-refractivity contribution in [2.24, 2.45) is 0 Å². The van der Waals surface area contributed by atoms with Gasteiger partial charge in [-0.05, 0) is 47.7 Å².